The molecule has 0 amide bonds. The Morgan fingerprint density at radius 1 is 1.42 bits per heavy atom. The summed E-state index contributed by atoms with van der Waals surface area (Å²) in [5.74, 6) is 5.61. The van der Waals surface area contributed by atoms with Crippen molar-refractivity contribution in [3.05, 3.63) is 4.85 Å². The highest BCUT2D eigenvalue weighted by Crippen LogP contribution is 2.21. The van der Waals surface area contributed by atoms with Crippen molar-refractivity contribution in [2.24, 2.45) is 5.84 Å². The molecule has 0 spiro atoms. The van der Waals surface area contributed by atoms with E-state index in [0.717, 1.165) is 12.8 Å². The topological polar surface area (TPSA) is 93.1 Å². The Kier molecular flexibility index (Phi) is 5.10. The molecule has 0 saturated carbocycles. The van der Waals surface area contributed by atoms with Crippen molar-refractivity contribution in [3.8, 4) is 6.07 Å². The van der Waals surface area contributed by atoms with Gasteiger partial charge in [0.05, 0.1) is 19.1 Å². The molecule has 0 aromatic carbocycles. The van der Waals surface area contributed by atoms with Crippen LogP contribution in [-0.4, -0.2) is 55.9 Å². The van der Waals surface area contributed by atoms with Gasteiger partial charge in [-0.05, 0) is 11.9 Å². The van der Waals surface area contributed by atoms with Crippen LogP contribution in [0.15, 0.2) is 0 Å². The summed E-state index contributed by atoms with van der Waals surface area (Å²) in [7, 11) is 1.82. The molecule has 2 saturated heterocycles. The highest BCUT2D eigenvalue weighted by atomic mass is 16.5. The molecule has 0 aliphatic carbocycles. The fourth-order valence-corrected chi connectivity index (χ4v) is 2.37. The van der Waals surface area contributed by atoms with Crippen molar-refractivity contribution < 1.29 is 14.6 Å². The number of hydrogen-bond acceptors (Lipinski definition) is 6. The minimum absolute atomic E-state index is 0.000717. The van der Waals surface area contributed by atoms with E-state index in [1.54, 1.807) is 0 Å². The Morgan fingerprint density at radius 3 is 2.79 bits per heavy atom. The van der Waals surface area contributed by atoms with Crippen molar-refractivity contribution in [1.82, 2.24) is 10.7 Å². The van der Waals surface area contributed by atoms with Gasteiger partial charge in [0.25, 0.3) is 0 Å². The van der Waals surface area contributed by atoms with Gasteiger partial charge in [-0.1, -0.05) is 0 Å². The lowest BCUT2D eigenvalue weighted by atomic mass is 9.93. The molecule has 108 valence electrons. The molecule has 2 rings (SSSR count). The van der Waals surface area contributed by atoms with Crippen molar-refractivity contribution in [3.63, 3.8) is 0 Å². The van der Waals surface area contributed by atoms with Gasteiger partial charge >= 0.3 is 12.3 Å². The maximum Gasteiger partial charge on any atom is 0.378 e. The second kappa shape index (κ2) is 6.61. The lowest BCUT2D eigenvalue weighted by Gasteiger charge is -2.28. The molecule has 2 aliphatic rings. The summed E-state index contributed by atoms with van der Waals surface area (Å²) >= 11 is 0. The van der Waals surface area contributed by atoms with E-state index in [2.05, 4.69) is 21.7 Å². The van der Waals surface area contributed by atoms with Crippen molar-refractivity contribution in [2.45, 2.75) is 43.2 Å². The van der Waals surface area contributed by atoms with Gasteiger partial charge in [-0.2, -0.15) is 0 Å². The van der Waals surface area contributed by atoms with Gasteiger partial charge in [0, 0.05) is 32.1 Å². The molecule has 2 aliphatic heterocycles. The van der Waals surface area contributed by atoms with Gasteiger partial charge < -0.3 is 19.9 Å². The number of aliphatic hydroxyl groups is 1. The van der Waals surface area contributed by atoms with Crippen molar-refractivity contribution in [2.75, 3.05) is 26.9 Å². The minimum Gasteiger partial charge on any atom is -0.389 e. The number of likely N-dealkylation sites (N-methyl/N-ethyl adjacent to an activating group) is 1. The molecule has 7 nitrogen and oxygen atoms in total. The molecule has 3 atom stereocenters. The Bertz CT molecular complexity index is 349. The Balaban J connectivity index is 1.98. The number of nitrogens with one attached hydrogen (secondary N) is 2. The molecule has 0 radical (unpaired) electrons. The molecule has 0 bridgehead atoms. The summed E-state index contributed by atoms with van der Waals surface area (Å²) in [6.45, 7) is 1.58. The number of hydrogen-bond donors (Lipinski definition) is 4. The van der Waals surface area contributed by atoms with Crippen LogP contribution in [-0.2, 0) is 9.47 Å². The van der Waals surface area contributed by atoms with Gasteiger partial charge in [0.15, 0.2) is 5.54 Å². The lowest BCUT2D eigenvalue weighted by molar-refractivity contribution is -0.0552. The maximum atomic E-state index is 9.70. The first-order chi connectivity index (χ1) is 9.19. The van der Waals surface area contributed by atoms with E-state index in [9.17, 15) is 5.11 Å². The fourth-order valence-electron chi connectivity index (χ4n) is 2.37. The Hall–Kier alpha value is -0.750. The van der Waals surface area contributed by atoms with Crippen LogP contribution >= 0.6 is 0 Å². The SMILES string of the molecule is CNC1CC([N+]#CC2(NN)CCOCC2)OCC1O. The molecule has 2 heterocycles. The van der Waals surface area contributed by atoms with Crippen molar-refractivity contribution in [1.29, 1.82) is 0 Å². The number of nitrogens with two attached hydrogens (primary N) is 1. The Morgan fingerprint density at radius 2 is 2.16 bits per heavy atom. The number of ether oxygens (including phenoxy) is 2. The first kappa shape index (κ1) is 14.7. The third-order valence-electron chi connectivity index (χ3n) is 3.80. The van der Waals surface area contributed by atoms with Crippen LogP contribution in [0.2, 0.25) is 0 Å². The maximum absolute atomic E-state index is 9.70. The van der Waals surface area contributed by atoms with Gasteiger partial charge in [-0.3, -0.25) is 5.84 Å². The van der Waals surface area contributed by atoms with Crippen LogP contribution < -0.4 is 16.6 Å². The third kappa shape index (κ3) is 3.63. The largest absolute Gasteiger partial charge is 0.389 e. The second-order valence-corrected chi connectivity index (χ2v) is 5.07. The summed E-state index contributed by atoms with van der Waals surface area (Å²) in [6.07, 6.45) is 1.35. The standard InChI is InChI=1S/C12H23N4O3/c1-14-9-6-11(19-7-10(9)17)15-8-12(16-13)2-4-18-5-3-12/h9-11,14,16-17H,2-7,13H2,1H3/q+1. The van der Waals surface area contributed by atoms with Crippen LogP contribution in [0.3, 0.4) is 0 Å². The van der Waals surface area contributed by atoms with Gasteiger partial charge in [-0.25, -0.2) is 5.43 Å². The fraction of sp³-hybridized carbons (Fsp3) is 0.917. The highest BCUT2D eigenvalue weighted by molar-refractivity contribution is 5.14. The summed E-state index contributed by atoms with van der Waals surface area (Å²) in [5.41, 5.74) is 2.36. The molecule has 0 aromatic heterocycles. The average molecular weight is 271 g/mol. The molecule has 2 fully saturated rings. The summed E-state index contributed by atoms with van der Waals surface area (Å²) in [6, 6.07) is 3.09. The van der Waals surface area contributed by atoms with Crippen LogP contribution in [0.4, 0.5) is 0 Å². The van der Waals surface area contributed by atoms with Gasteiger partial charge in [0.2, 0.25) is 0 Å². The molecule has 0 aromatic rings. The predicted molar refractivity (Wildman–Crippen MR) is 70.6 cm³/mol. The molecule has 3 unspecified atom stereocenters. The normalized spacial score (nSPS) is 34.4. The van der Waals surface area contributed by atoms with E-state index in [1.165, 1.54) is 0 Å². The summed E-state index contributed by atoms with van der Waals surface area (Å²) in [5, 5.41) is 12.8. The number of aliphatic hydroxyl groups excluding tert-OH is 1. The average Bonchev–Trinajstić information content (AvgIpc) is 2.47. The first-order valence-corrected chi connectivity index (χ1v) is 6.68. The lowest BCUT2D eigenvalue weighted by Crippen LogP contribution is -2.52. The van der Waals surface area contributed by atoms with Crippen LogP contribution in [0.5, 0.6) is 0 Å². The van der Waals surface area contributed by atoms with E-state index in [4.69, 9.17) is 15.3 Å². The molecular weight excluding hydrogens is 248 g/mol. The molecule has 5 N–H and O–H groups in total. The van der Waals surface area contributed by atoms with E-state index in [-0.39, 0.29) is 18.9 Å². The smallest absolute Gasteiger partial charge is 0.378 e. The van der Waals surface area contributed by atoms with E-state index < -0.39 is 11.6 Å². The highest BCUT2D eigenvalue weighted by Gasteiger charge is 2.38. The van der Waals surface area contributed by atoms with E-state index in [0.29, 0.717) is 19.6 Å². The molecular formula is C12H23N4O3+. The quantitative estimate of drug-likeness (QED) is 0.381. The monoisotopic (exact) mass is 271 g/mol. The summed E-state index contributed by atoms with van der Waals surface area (Å²) in [4.78, 5) is 4.36. The summed E-state index contributed by atoms with van der Waals surface area (Å²) < 4.78 is 10.8. The zero-order valence-electron chi connectivity index (χ0n) is 11.3. The number of nitrogens with zero attached hydrogens (tertiary/aromatic N) is 1. The first-order valence-electron chi connectivity index (χ1n) is 6.68. The van der Waals surface area contributed by atoms with Crippen molar-refractivity contribution >= 4 is 0 Å². The molecule has 7 heteroatoms. The van der Waals surface area contributed by atoms with E-state index >= 15 is 0 Å². The van der Waals surface area contributed by atoms with E-state index in [1.807, 2.05) is 7.05 Å². The molecule has 19 heavy (non-hydrogen) atoms. The Labute approximate surface area is 113 Å². The van der Waals surface area contributed by atoms with Gasteiger partial charge in [0.1, 0.15) is 0 Å². The van der Waals surface area contributed by atoms with Gasteiger partial charge in [-0.15, -0.1) is 0 Å². The zero-order valence-corrected chi connectivity index (χ0v) is 11.3. The van der Waals surface area contributed by atoms with Crippen LogP contribution in [0.25, 0.3) is 4.85 Å². The second-order valence-electron chi connectivity index (χ2n) is 5.07. The van der Waals surface area contributed by atoms with Crippen LogP contribution in [0.1, 0.15) is 19.3 Å². The zero-order chi connectivity index (χ0) is 13.7. The predicted octanol–water partition coefficient (Wildman–Crippen LogP) is -0.973. The minimum atomic E-state index is -0.485. The number of hydrazine groups is 1. The third-order valence-corrected chi connectivity index (χ3v) is 3.80. The number of rotatable bonds is 2. The van der Waals surface area contributed by atoms with Crippen LogP contribution in [0, 0.1) is 6.07 Å².